The Kier molecular flexibility index (Phi) is 8.56. The maximum atomic E-state index is 13.8. The van der Waals surface area contributed by atoms with Gasteiger partial charge in [-0.2, -0.15) is 18.4 Å². The van der Waals surface area contributed by atoms with Crippen molar-refractivity contribution in [3.05, 3.63) is 105 Å². The lowest BCUT2D eigenvalue weighted by molar-refractivity contribution is -0.137. The monoisotopic (exact) mass is 587 g/mol. The number of alkyl halides is 3. The first-order valence-electron chi connectivity index (χ1n) is 12.9. The SMILES string of the molecule is CC(C)(C)C[C@@H]1N[C@@H](C(=O)NCc2cccc(C(F)(F)F)c2)[C@H](c2cccc(Cl)c2)[C@@]1(C#N)c1ccc(Cl)cc1. The van der Waals surface area contributed by atoms with Crippen molar-refractivity contribution in [2.24, 2.45) is 5.41 Å². The van der Waals surface area contributed by atoms with Gasteiger partial charge in [0, 0.05) is 28.5 Å². The van der Waals surface area contributed by atoms with E-state index >= 15 is 0 Å². The molecule has 40 heavy (non-hydrogen) atoms. The third kappa shape index (κ3) is 6.30. The smallest absolute Gasteiger partial charge is 0.351 e. The highest BCUT2D eigenvalue weighted by molar-refractivity contribution is 6.30. The summed E-state index contributed by atoms with van der Waals surface area (Å²) in [6.07, 6.45) is -3.92. The minimum Gasteiger partial charge on any atom is -0.351 e. The molecule has 0 radical (unpaired) electrons. The summed E-state index contributed by atoms with van der Waals surface area (Å²) in [4.78, 5) is 13.8. The van der Waals surface area contributed by atoms with Gasteiger partial charge in [-0.25, -0.2) is 0 Å². The van der Waals surface area contributed by atoms with Gasteiger partial charge >= 0.3 is 6.18 Å². The maximum absolute atomic E-state index is 13.8. The topological polar surface area (TPSA) is 64.9 Å². The summed E-state index contributed by atoms with van der Waals surface area (Å²) in [5.41, 5.74) is -0.441. The van der Waals surface area contributed by atoms with Crippen LogP contribution >= 0.6 is 23.2 Å². The Labute approximate surface area is 242 Å². The van der Waals surface area contributed by atoms with Gasteiger partial charge in [0.15, 0.2) is 0 Å². The van der Waals surface area contributed by atoms with Gasteiger partial charge in [-0.1, -0.05) is 80.4 Å². The molecule has 2 N–H and O–H groups in total. The van der Waals surface area contributed by atoms with Gasteiger partial charge in [-0.05, 0) is 64.9 Å². The number of halogens is 5. The Morgan fingerprint density at radius 1 is 1.00 bits per heavy atom. The van der Waals surface area contributed by atoms with Crippen LogP contribution in [0.3, 0.4) is 0 Å². The number of benzene rings is 3. The molecule has 0 aromatic heterocycles. The molecule has 1 heterocycles. The van der Waals surface area contributed by atoms with Gasteiger partial charge in [0.25, 0.3) is 0 Å². The molecule has 1 aliphatic heterocycles. The van der Waals surface area contributed by atoms with E-state index in [2.05, 4.69) is 37.5 Å². The third-order valence-electron chi connectivity index (χ3n) is 7.29. The molecular formula is C31H30Cl2F3N3O. The average molecular weight is 589 g/mol. The lowest BCUT2D eigenvalue weighted by Gasteiger charge is -2.37. The van der Waals surface area contributed by atoms with Gasteiger partial charge in [0.1, 0.15) is 5.41 Å². The first kappa shape index (κ1) is 29.9. The molecule has 1 aliphatic rings. The van der Waals surface area contributed by atoms with Gasteiger partial charge in [0.05, 0.1) is 17.7 Å². The van der Waals surface area contributed by atoms with Gasteiger partial charge in [-0.3, -0.25) is 4.79 Å². The molecule has 3 aromatic rings. The number of hydrogen-bond donors (Lipinski definition) is 2. The van der Waals surface area contributed by atoms with Gasteiger partial charge in [-0.15, -0.1) is 0 Å². The summed E-state index contributed by atoms with van der Waals surface area (Å²) in [6.45, 7) is 6.09. The van der Waals surface area contributed by atoms with E-state index in [0.717, 1.165) is 12.1 Å². The molecule has 210 valence electrons. The average Bonchev–Trinajstić information content (AvgIpc) is 3.20. The van der Waals surface area contributed by atoms with Gasteiger partial charge < -0.3 is 10.6 Å². The van der Waals surface area contributed by atoms with Crippen LogP contribution in [-0.2, 0) is 22.9 Å². The number of carbonyl (C=O) groups excluding carboxylic acids is 1. The lowest BCUT2D eigenvalue weighted by atomic mass is 9.63. The van der Waals surface area contributed by atoms with Crippen LogP contribution in [0.5, 0.6) is 0 Å². The largest absolute Gasteiger partial charge is 0.416 e. The molecule has 0 unspecified atom stereocenters. The molecule has 0 saturated carbocycles. The fourth-order valence-corrected chi connectivity index (χ4v) is 5.94. The van der Waals surface area contributed by atoms with Crippen LogP contribution in [0.2, 0.25) is 10.0 Å². The fourth-order valence-electron chi connectivity index (χ4n) is 5.61. The first-order chi connectivity index (χ1) is 18.7. The van der Waals surface area contributed by atoms with E-state index in [4.69, 9.17) is 23.2 Å². The normalized spacial score (nSPS) is 23.0. The molecule has 0 bridgehead atoms. The van der Waals surface area contributed by atoms with E-state index in [1.165, 1.54) is 12.1 Å². The van der Waals surface area contributed by atoms with E-state index in [1.54, 1.807) is 30.3 Å². The highest BCUT2D eigenvalue weighted by atomic mass is 35.5. The maximum Gasteiger partial charge on any atom is 0.416 e. The number of nitriles is 1. The van der Waals surface area contributed by atoms with E-state index < -0.39 is 41.1 Å². The van der Waals surface area contributed by atoms with Crippen molar-refractivity contribution in [3.8, 4) is 6.07 Å². The summed E-state index contributed by atoms with van der Waals surface area (Å²) in [6, 6.07) is 20.3. The van der Waals surface area contributed by atoms with Crippen LogP contribution in [0.25, 0.3) is 0 Å². The molecule has 1 amide bonds. The summed E-state index contributed by atoms with van der Waals surface area (Å²) in [5.74, 6) is -1.08. The number of rotatable bonds is 6. The minimum atomic E-state index is -4.49. The molecule has 0 aliphatic carbocycles. The molecule has 1 fully saturated rings. The molecule has 4 atom stereocenters. The Bertz CT molecular complexity index is 1410. The predicted octanol–water partition coefficient (Wildman–Crippen LogP) is 7.65. The summed E-state index contributed by atoms with van der Waals surface area (Å²) >= 11 is 12.6. The number of hydrogen-bond acceptors (Lipinski definition) is 3. The standard InChI is InChI=1S/C31H30Cl2F3N3O/c1-29(2,3)16-25-30(18-37,21-10-12-23(32)13-11-21)26(20-7-5-9-24(33)15-20)27(39-25)28(40)38-17-19-6-4-8-22(14-19)31(34,35)36/h4-15,25-27,39H,16-17H2,1-3H3,(H,38,40)/t25-,26-,27+,30-/m0/s1. The molecule has 4 rings (SSSR count). The van der Waals surface area contributed by atoms with Crippen LogP contribution in [-0.4, -0.2) is 18.0 Å². The van der Waals surface area contributed by atoms with E-state index in [1.807, 2.05) is 18.2 Å². The zero-order chi connectivity index (χ0) is 29.3. The number of nitrogens with zero attached hydrogens (tertiary/aromatic N) is 1. The minimum absolute atomic E-state index is 0.104. The Hall–Kier alpha value is -3.05. The van der Waals surface area contributed by atoms with Crippen molar-refractivity contribution in [2.45, 2.75) is 63.3 Å². The zero-order valence-corrected chi connectivity index (χ0v) is 23.8. The second kappa shape index (κ2) is 11.4. The van der Waals surface area contributed by atoms with Crippen molar-refractivity contribution >= 4 is 29.1 Å². The molecular weight excluding hydrogens is 558 g/mol. The number of nitrogens with one attached hydrogen (secondary N) is 2. The molecule has 9 heteroatoms. The number of carbonyl (C=O) groups is 1. The van der Waals surface area contributed by atoms with Crippen LogP contribution in [0.1, 0.15) is 55.4 Å². The second-order valence-electron chi connectivity index (χ2n) is 11.4. The van der Waals surface area contributed by atoms with E-state index in [9.17, 15) is 23.2 Å². The lowest BCUT2D eigenvalue weighted by Crippen LogP contribution is -2.45. The second-order valence-corrected chi connectivity index (χ2v) is 12.3. The van der Waals surface area contributed by atoms with Crippen molar-refractivity contribution in [2.75, 3.05) is 0 Å². The molecule has 0 spiro atoms. The Morgan fingerprint density at radius 3 is 2.27 bits per heavy atom. The van der Waals surface area contributed by atoms with Crippen molar-refractivity contribution in [1.29, 1.82) is 5.26 Å². The van der Waals surface area contributed by atoms with Crippen LogP contribution in [0.4, 0.5) is 13.2 Å². The van der Waals surface area contributed by atoms with Gasteiger partial charge in [0.2, 0.25) is 5.91 Å². The highest BCUT2D eigenvalue weighted by Crippen LogP contribution is 2.51. The molecule has 1 saturated heterocycles. The number of amides is 1. The Morgan fingerprint density at radius 2 is 1.68 bits per heavy atom. The van der Waals surface area contributed by atoms with Crippen LogP contribution < -0.4 is 10.6 Å². The fraction of sp³-hybridized carbons (Fsp3) is 0.355. The van der Waals surface area contributed by atoms with Crippen LogP contribution in [0, 0.1) is 16.7 Å². The molecule has 4 nitrogen and oxygen atoms in total. The zero-order valence-electron chi connectivity index (χ0n) is 22.3. The highest BCUT2D eigenvalue weighted by Gasteiger charge is 2.59. The van der Waals surface area contributed by atoms with E-state index in [-0.39, 0.29) is 12.0 Å². The van der Waals surface area contributed by atoms with Crippen molar-refractivity contribution < 1.29 is 18.0 Å². The summed E-state index contributed by atoms with van der Waals surface area (Å²) in [5, 5.41) is 18.2. The first-order valence-corrected chi connectivity index (χ1v) is 13.6. The summed E-state index contributed by atoms with van der Waals surface area (Å²) < 4.78 is 39.7. The van der Waals surface area contributed by atoms with Crippen molar-refractivity contribution in [3.63, 3.8) is 0 Å². The van der Waals surface area contributed by atoms with Crippen LogP contribution in [0.15, 0.2) is 72.8 Å². The third-order valence-corrected chi connectivity index (χ3v) is 7.78. The van der Waals surface area contributed by atoms with Crippen molar-refractivity contribution in [1.82, 2.24) is 10.6 Å². The predicted molar refractivity (Wildman–Crippen MR) is 151 cm³/mol. The quantitative estimate of drug-likeness (QED) is 0.311. The summed E-state index contributed by atoms with van der Waals surface area (Å²) in [7, 11) is 0. The molecule has 3 aromatic carbocycles. The Balaban J connectivity index is 1.78. The van der Waals surface area contributed by atoms with E-state index in [0.29, 0.717) is 33.2 Å².